The Kier molecular flexibility index (Phi) is 4.51. The number of likely N-dealkylation sites (tertiary alicyclic amines) is 1. The van der Waals surface area contributed by atoms with Crippen molar-refractivity contribution in [2.24, 2.45) is 7.05 Å². The maximum atomic E-state index is 12.5. The van der Waals surface area contributed by atoms with Crippen LogP contribution in [0, 0.1) is 0 Å². The van der Waals surface area contributed by atoms with Crippen molar-refractivity contribution < 1.29 is 14.3 Å². The third-order valence-corrected chi connectivity index (χ3v) is 5.13. The fraction of sp³-hybridized carbons (Fsp3) is 0.706. The van der Waals surface area contributed by atoms with Gasteiger partial charge in [0.15, 0.2) is 0 Å². The monoisotopic (exact) mass is 334 g/mol. The lowest BCUT2D eigenvalue weighted by Gasteiger charge is -2.37. The fourth-order valence-electron chi connectivity index (χ4n) is 3.63. The predicted molar refractivity (Wildman–Crippen MR) is 88.6 cm³/mol. The molecule has 1 unspecified atom stereocenters. The smallest absolute Gasteiger partial charge is 0.410 e. The van der Waals surface area contributed by atoms with Crippen LogP contribution in [-0.2, 0) is 11.8 Å². The molecule has 1 aromatic rings. The lowest BCUT2D eigenvalue weighted by Crippen LogP contribution is -2.49. The molecule has 2 aliphatic heterocycles. The van der Waals surface area contributed by atoms with Crippen molar-refractivity contribution in [3.05, 3.63) is 18.0 Å². The molecular formula is C17H26N4O3. The molecule has 2 fully saturated rings. The van der Waals surface area contributed by atoms with Crippen molar-refractivity contribution in [2.45, 2.75) is 51.2 Å². The summed E-state index contributed by atoms with van der Waals surface area (Å²) in [6.45, 7) is 6.02. The van der Waals surface area contributed by atoms with Gasteiger partial charge >= 0.3 is 6.09 Å². The van der Waals surface area contributed by atoms with E-state index in [1.165, 1.54) is 0 Å². The van der Waals surface area contributed by atoms with Crippen molar-refractivity contribution >= 4 is 12.0 Å². The molecule has 3 heterocycles. The van der Waals surface area contributed by atoms with E-state index in [0.29, 0.717) is 38.2 Å². The van der Waals surface area contributed by atoms with Crippen LogP contribution in [0.5, 0.6) is 0 Å². The Balaban J connectivity index is 1.60. The summed E-state index contributed by atoms with van der Waals surface area (Å²) >= 11 is 0. The predicted octanol–water partition coefficient (Wildman–Crippen LogP) is 2.04. The van der Waals surface area contributed by atoms with Gasteiger partial charge in [0.25, 0.3) is 5.91 Å². The summed E-state index contributed by atoms with van der Waals surface area (Å²) < 4.78 is 7.37. The van der Waals surface area contributed by atoms with Crippen molar-refractivity contribution in [3.8, 4) is 0 Å². The Morgan fingerprint density at radius 3 is 2.71 bits per heavy atom. The largest absolute Gasteiger partial charge is 0.441 e. The highest BCUT2D eigenvalue weighted by Crippen LogP contribution is 2.35. The maximum absolute atomic E-state index is 12.5. The molecule has 7 heteroatoms. The molecule has 132 valence electrons. The van der Waals surface area contributed by atoms with Gasteiger partial charge in [0, 0.05) is 45.2 Å². The zero-order valence-electron chi connectivity index (χ0n) is 14.7. The molecule has 1 aromatic heterocycles. The first-order valence-corrected chi connectivity index (χ1v) is 8.72. The molecule has 0 saturated carbocycles. The number of aryl methyl sites for hydroxylation is 1. The first kappa shape index (κ1) is 16.8. The summed E-state index contributed by atoms with van der Waals surface area (Å²) in [6, 6.07) is 1.94. The minimum absolute atomic E-state index is 0.0500. The quantitative estimate of drug-likeness (QED) is 0.845. The van der Waals surface area contributed by atoms with Crippen LogP contribution in [0.2, 0.25) is 0 Å². The number of amides is 2. The first-order valence-electron chi connectivity index (χ1n) is 8.72. The highest BCUT2D eigenvalue weighted by Gasteiger charge is 2.48. The van der Waals surface area contributed by atoms with E-state index in [0.717, 1.165) is 12.8 Å². The molecular weight excluding hydrogens is 308 g/mol. The summed E-state index contributed by atoms with van der Waals surface area (Å²) in [5, 5.41) is 4.17. The second kappa shape index (κ2) is 6.45. The fourth-order valence-corrected chi connectivity index (χ4v) is 3.63. The number of piperidine rings is 1. The van der Waals surface area contributed by atoms with Gasteiger partial charge in [-0.25, -0.2) is 4.79 Å². The normalized spacial score (nSPS) is 21.2. The lowest BCUT2D eigenvalue weighted by molar-refractivity contribution is 0.00287. The Bertz CT molecular complexity index is 619. The van der Waals surface area contributed by atoms with Gasteiger partial charge in [0.05, 0.1) is 6.54 Å². The average molecular weight is 334 g/mol. The average Bonchev–Trinajstić information content (AvgIpc) is 3.12. The second-order valence-corrected chi connectivity index (χ2v) is 6.98. The first-order chi connectivity index (χ1) is 11.4. The molecule has 0 radical (unpaired) electrons. The summed E-state index contributed by atoms with van der Waals surface area (Å²) in [7, 11) is 1.80. The van der Waals surface area contributed by atoms with Gasteiger partial charge in [-0.05, 0) is 19.4 Å². The van der Waals surface area contributed by atoms with Gasteiger partial charge in [-0.2, -0.15) is 5.10 Å². The van der Waals surface area contributed by atoms with E-state index in [1.54, 1.807) is 28.9 Å². The van der Waals surface area contributed by atoms with Gasteiger partial charge < -0.3 is 14.5 Å². The molecule has 0 aliphatic carbocycles. The summed E-state index contributed by atoms with van der Waals surface area (Å²) in [5.41, 5.74) is 0.0371. The SMILES string of the molecule is CCCC(C)N1CC2(CCN(C(=O)c3ccn(C)n3)CC2)OC1=O. The number of hydrogen-bond donors (Lipinski definition) is 0. The van der Waals surface area contributed by atoms with Crippen molar-refractivity contribution in [2.75, 3.05) is 19.6 Å². The van der Waals surface area contributed by atoms with E-state index >= 15 is 0 Å². The second-order valence-electron chi connectivity index (χ2n) is 6.98. The Morgan fingerprint density at radius 1 is 1.42 bits per heavy atom. The number of rotatable bonds is 4. The van der Waals surface area contributed by atoms with Crippen LogP contribution >= 0.6 is 0 Å². The van der Waals surface area contributed by atoms with Gasteiger partial charge in [-0.15, -0.1) is 0 Å². The number of carbonyl (C=O) groups excluding carboxylic acids is 2. The number of aromatic nitrogens is 2. The van der Waals surface area contributed by atoms with E-state index in [1.807, 2.05) is 4.90 Å². The van der Waals surface area contributed by atoms with Crippen LogP contribution in [0.4, 0.5) is 4.79 Å². The van der Waals surface area contributed by atoms with Gasteiger partial charge in [0.2, 0.25) is 0 Å². The van der Waals surface area contributed by atoms with E-state index in [9.17, 15) is 9.59 Å². The van der Waals surface area contributed by atoms with Crippen LogP contribution in [0.25, 0.3) is 0 Å². The third kappa shape index (κ3) is 3.12. The van der Waals surface area contributed by atoms with Gasteiger partial charge in [0.1, 0.15) is 11.3 Å². The number of hydrogen-bond acceptors (Lipinski definition) is 4. The number of carbonyl (C=O) groups is 2. The molecule has 7 nitrogen and oxygen atoms in total. The number of nitrogens with zero attached hydrogens (tertiary/aromatic N) is 4. The molecule has 1 atom stereocenters. The summed E-state index contributed by atoms with van der Waals surface area (Å²) in [4.78, 5) is 28.3. The van der Waals surface area contributed by atoms with Gasteiger partial charge in [-0.3, -0.25) is 9.48 Å². The molecule has 2 aliphatic rings. The Labute approximate surface area is 142 Å². The van der Waals surface area contributed by atoms with E-state index in [-0.39, 0.29) is 18.0 Å². The van der Waals surface area contributed by atoms with Crippen molar-refractivity contribution in [1.29, 1.82) is 0 Å². The van der Waals surface area contributed by atoms with E-state index < -0.39 is 5.60 Å². The molecule has 24 heavy (non-hydrogen) atoms. The molecule has 2 saturated heterocycles. The number of ether oxygens (including phenoxy) is 1. The molecule has 0 N–H and O–H groups in total. The lowest BCUT2D eigenvalue weighted by atomic mass is 9.90. The Hall–Kier alpha value is -2.05. The van der Waals surface area contributed by atoms with E-state index in [2.05, 4.69) is 18.9 Å². The third-order valence-electron chi connectivity index (χ3n) is 5.13. The molecule has 2 amide bonds. The summed E-state index contributed by atoms with van der Waals surface area (Å²) in [6.07, 6.45) is 4.96. The Morgan fingerprint density at radius 2 is 2.12 bits per heavy atom. The molecule has 3 rings (SSSR count). The van der Waals surface area contributed by atoms with E-state index in [4.69, 9.17) is 4.74 Å². The zero-order valence-corrected chi connectivity index (χ0v) is 14.7. The van der Waals surface area contributed by atoms with Crippen molar-refractivity contribution in [3.63, 3.8) is 0 Å². The highest BCUT2D eigenvalue weighted by molar-refractivity contribution is 5.92. The van der Waals surface area contributed by atoms with Crippen LogP contribution in [0.15, 0.2) is 12.3 Å². The van der Waals surface area contributed by atoms with Crippen LogP contribution in [0.3, 0.4) is 0 Å². The standard InChI is InChI=1S/C17H26N4O3/c1-4-5-13(2)21-12-17(24-16(21)23)7-10-20(11-8-17)15(22)14-6-9-19(3)18-14/h6,9,13H,4-5,7-8,10-12H2,1-3H3. The van der Waals surface area contributed by atoms with Gasteiger partial charge in [-0.1, -0.05) is 13.3 Å². The molecule has 0 aromatic carbocycles. The highest BCUT2D eigenvalue weighted by atomic mass is 16.6. The van der Waals surface area contributed by atoms with Crippen LogP contribution in [0.1, 0.15) is 50.0 Å². The topological polar surface area (TPSA) is 67.7 Å². The zero-order chi connectivity index (χ0) is 17.3. The van der Waals surface area contributed by atoms with Crippen LogP contribution in [-0.4, -0.2) is 62.9 Å². The van der Waals surface area contributed by atoms with Crippen molar-refractivity contribution in [1.82, 2.24) is 19.6 Å². The maximum Gasteiger partial charge on any atom is 0.410 e. The molecule has 1 spiro atoms. The summed E-state index contributed by atoms with van der Waals surface area (Å²) in [5.74, 6) is -0.0500. The minimum atomic E-state index is -0.431. The van der Waals surface area contributed by atoms with Crippen LogP contribution < -0.4 is 0 Å². The minimum Gasteiger partial charge on any atom is -0.441 e. The molecule has 0 bridgehead atoms.